The van der Waals surface area contributed by atoms with E-state index < -0.39 is 18.0 Å². The number of hydrazine groups is 1. The molecule has 1 aromatic carbocycles. The van der Waals surface area contributed by atoms with Gasteiger partial charge >= 0.3 is 6.18 Å². The third-order valence-electron chi connectivity index (χ3n) is 1.71. The SMILES string of the molecule is NN[C@H](c1cc(F)cc(Cl)c1)C(F)(F)F. The number of nitrogens with one attached hydrogen (secondary N) is 1. The molecule has 0 aliphatic rings. The normalized spacial score (nSPS) is 14.0. The maximum atomic E-state index is 12.8. The second-order valence-electron chi connectivity index (χ2n) is 2.84. The Hall–Kier alpha value is -0.850. The van der Waals surface area contributed by atoms with Gasteiger partial charge in [0.1, 0.15) is 11.9 Å². The largest absolute Gasteiger partial charge is 0.409 e. The van der Waals surface area contributed by atoms with Gasteiger partial charge in [-0.2, -0.15) is 13.2 Å². The van der Waals surface area contributed by atoms with Gasteiger partial charge in [-0.1, -0.05) is 11.6 Å². The van der Waals surface area contributed by atoms with Crippen LogP contribution < -0.4 is 11.3 Å². The number of alkyl halides is 3. The van der Waals surface area contributed by atoms with E-state index in [9.17, 15) is 17.6 Å². The van der Waals surface area contributed by atoms with E-state index in [1.54, 1.807) is 5.43 Å². The van der Waals surface area contributed by atoms with Crippen molar-refractivity contribution in [1.82, 2.24) is 5.43 Å². The van der Waals surface area contributed by atoms with Crippen molar-refractivity contribution in [2.45, 2.75) is 12.2 Å². The maximum absolute atomic E-state index is 12.8. The summed E-state index contributed by atoms with van der Waals surface area (Å²) in [4.78, 5) is 0. The van der Waals surface area contributed by atoms with Crippen molar-refractivity contribution < 1.29 is 17.6 Å². The van der Waals surface area contributed by atoms with Crippen LogP contribution in [0.1, 0.15) is 11.6 Å². The molecular weight excluding hydrogens is 236 g/mol. The minimum absolute atomic E-state index is 0.116. The van der Waals surface area contributed by atoms with Gasteiger partial charge in [-0.15, -0.1) is 0 Å². The van der Waals surface area contributed by atoms with Crippen molar-refractivity contribution in [2.75, 3.05) is 0 Å². The lowest BCUT2D eigenvalue weighted by Gasteiger charge is -2.19. The van der Waals surface area contributed by atoms with E-state index in [1.807, 2.05) is 0 Å². The van der Waals surface area contributed by atoms with Crippen molar-refractivity contribution in [3.05, 3.63) is 34.6 Å². The van der Waals surface area contributed by atoms with Crippen molar-refractivity contribution in [3.63, 3.8) is 0 Å². The van der Waals surface area contributed by atoms with Crippen molar-refractivity contribution >= 4 is 11.6 Å². The highest BCUT2D eigenvalue weighted by Crippen LogP contribution is 2.33. The molecule has 3 N–H and O–H groups in total. The van der Waals surface area contributed by atoms with Crippen LogP contribution in [0.3, 0.4) is 0 Å². The number of hydrogen-bond donors (Lipinski definition) is 2. The minimum atomic E-state index is -4.61. The molecule has 7 heteroatoms. The molecule has 0 spiro atoms. The Morgan fingerprint density at radius 2 is 1.87 bits per heavy atom. The Labute approximate surface area is 88.0 Å². The molecule has 0 saturated carbocycles. The summed E-state index contributed by atoms with van der Waals surface area (Å²) in [6.45, 7) is 0. The zero-order valence-electron chi connectivity index (χ0n) is 7.28. The van der Waals surface area contributed by atoms with Gasteiger partial charge in [-0.05, 0) is 23.8 Å². The highest BCUT2D eigenvalue weighted by atomic mass is 35.5. The fourth-order valence-electron chi connectivity index (χ4n) is 1.12. The maximum Gasteiger partial charge on any atom is 0.409 e. The second kappa shape index (κ2) is 4.34. The molecule has 0 aliphatic heterocycles. The minimum Gasteiger partial charge on any atom is -0.271 e. The van der Waals surface area contributed by atoms with Gasteiger partial charge in [-0.25, -0.2) is 9.82 Å². The fourth-order valence-corrected chi connectivity index (χ4v) is 1.35. The van der Waals surface area contributed by atoms with E-state index in [4.69, 9.17) is 17.4 Å². The lowest BCUT2D eigenvalue weighted by atomic mass is 10.1. The number of nitrogens with two attached hydrogens (primary N) is 1. The number of rotatable bonds is 2. The Kier molecular flexibility index (Phi) is 3.54. The van der Waals surface area contributed by atoms with Crippen LogP contribution in [0.4, 0.5) is 17.6 Å². The molecule has 0 unspecified atom stereocenters. The third-order valence-corrected chi connectivity index (χ3v) is 1.93. The molecule has 0 amide bonds. The summed E-state index contributed by atoms with van der Waals surface area (Å²) in [6, 6.07) is 0.507. The second-order valence-corrected chi connectivity index (χ2v) is 3.28. The Morgan fingerprint density at radius 3 is 2.27 bits per heavy atom. The summed E-state index contributed by atoms with van der Waals surface area (Å²) in [5.74, 6) is 3.91. The summed E-state index contributed by atoms with van der Waals surface area (Å²) >= 11 is 5.43. The summed E-state index contributed by atoms with van der Waals surface area (Å²) < 4.78 is 49.9. The van der Waals surface area contributed by atoms with Crippen LogP contribution in [0.25, 0.3) is 0 Å². The quantitative estimate of drug-likeness (QED) is 0.475. The molecule has 0 aliphatic carbocycles. The van der Waals surface area contributed by atoms with Gasteiger partial charge in [0.25, 0.3) is 0 Å². The molecule has 0 bridgehead atoms. The van der Waals surface area contributed by atoms with Gasteiger partial charge < -0.3 is 0 Å². The Balaban J connectivity index is 3.13. The fraction of sp³-hybridized carbons (Fsp3) is 0.250. The van der Waals surface area contributed by atoms with Crippen LogP contribution in [0.2, 0.25) is 5.02 Å². The molecule has 15 heavy (non-hydrogen) atoms. The van der Waals surface area contributed by atoms with Gasteiger partial charge in [0, 0.05) is 5.02 Å². The summed E-state index contributed by atoms with van der Waals surface area (Å²) in [6.07, 6.45) is -4.61. The first-order valence-corrected chi connectivity index (χ1v) is 4.21. The zero-order valence-corrected chi connectivity index (χ0v) is 8.03. The highest BCUT2D eigenvalue weighted by Gasteiger charge is 2.40. The highest BCUT2D eigenvalue weighted by molar-refractivity contribution is 6.30. The lowest BCUT2D eigenvalue weighted by Crippen LogP contribution is -2.38. The van der Waals surface area contributed by atoms with Gasteiger partial charge in [-0.3, -0.25) is 5.84 Å². The standard InChI is InChI=1S/C8H7ClF4N2/c9-5-1-4(2-6(10)3-5)7(15-14)8(11,12)13/h1-3,7,15H,14H2/t7-/m1/s1. The van der Waals surface area contributed by atoms with Crippen molar-refractivity contribution in [1.29, 1.82) is 0 Å². The average Bonchev–Trinajstić information content (AvgIpc) is 1.99. The number of hydrogen-bond acceptors (Lipinski definition) is 2. The van der Waals surface area contributed by atoms with Crippen molar-refractivity contribution in [2.24, 2.45) is 5.84 Å². The van der Waals surface area contributed by atoms with Crippen LogP contribution >= 0.6 is 11.6 Å². The van der Waals surface area contributed by atoms with E-state index in [2.05, 4.69) is 0 Å². The summed E-state index contributed by atoms with van der Waals surface area (Å²) in [5, 5.41) is -0.116. The molecule has 1 atom stereocenters. The summed E-state index contributed by atoms with van der Waals surface area (Å²) in [7, 11) is 0. The Morgan fingerprint density at radius 1 is 1.27 bits per heavy atom. The molecule has 0 radical (unpaired) electrons. The van der Waals surface area contributed by atoms with Crippen LogP contribution in [0, 0.1) is 5.82 Å². The molecule has 0 aromatic heterocycles. The first-order chi connectivity index (χ1) is 6.84. The van der Waals surface area contributed by atoms with E-state index in [0.717, 1.165) is 18.2 Å². The third kappa shape index (κ3) is 3.05. The van der Waals surface area contributed by atoms with Gasteiger partial charge in [0.05, 0.1) is 0 Å². The monoisotopic (exact) mass is 242 g/mol. The lowest BCUT2D eigenvalue weighted by molar-refractivity contribution is -0.157. The van der Waals surface area contributed by atoms with Crippen LogP contribution in [-0.2, 0) is 0 Å². The zero-order chi connectivity index (χ0) is 11.6. The predicted octanol–water partition coefficient (Wildman–Crippen LogP) is 2.55. The summed E-state index contributed by atoms with van der Waals surface area (Å²) in [5.41, 5.74) is 1.20. The van der Waals surface area contributed by atoms with Crippen molar-refractivity contribution in [3.8, 4) is 0 Å². The molecule has 0 heterocycles. The first kappa shape index (κ1) is 12.2. The van der Waals surface area contributed by atoms with Gasteiger partial charge in [0.15, 0.2) is 0 Å². The van der Waals surface area contributed by atoms with E-state index >= 15 is 0 Å². The predicted molar refractivity (Wildman–Crippen MR) is 47.5 cm³/mol. The first-order valence-electron chi connectivity index (χ1n) is 3.83. The molecular formula is C8H7ClF4N2. The van der Waals surface area contributed by atoms with E-state index in [-0.39, 0.29) is 10.6 Å². The molecule has 1 aromatic rings. The smallest absolute Gasteiger partial charge is 0.271 e. The topological polar surface area (TPSA) is 38.0 Å². The number of halogens is 5. The van der Waals surface area contributed by atoms with Gasteiger partial charge in [0.2, 0.25) is 0 Å². The molecule has 1 rings (SSSR count). The average molecular weight is 243 g/mol. The van der Waals surface area contributed by atoms with Crippen LogP contribution in [0.15, 0.2) is 18.2 Å². The number of benzene rings is 1. The van der Waals surface area contributed by atoms with E-state index in [1.165, 1.54) is 0 Å². The molecule has 0 saturated heterocycles. The van der Waals surface area contributed by atoms with Crippen LogP contribution in [-0.4, -0.2) is 6.18 Å². The van der Waals surface area contributed by atoms with Crippen LogP contribution in [0.5, 0.6) is 0 Å². The molecule has 0 fully saturated rings. The molecule has 84 valence electrons. The van der Waals surface area contributed by atoms with E-state index in [0.29, 0.717) is 0 Å². The molecule has 2 nitrogen and oxygen atoms in total. The Bertz CT molecular complexity index is 333.